The fraction of sp³-hybridized carbons (Fsp3) is 0.625. The van der Waals surface area contributed by atoms with Crippen LogP contribution in [0.5, 0.6) is 6.01 Å². The third-order valence-electron chi connectivity index (χ3n) is 4.50. The first kappa shape index (κ1) is 15.7. The molecule has 0 radical (unpaired) electrons. The molecule has 3 rings (SSSR count). The molecule has 1 aromatic heterocycles. The Morgan fingerprint density at radius 2 is 1.96 bits per heavy atom. The second-order valence-electron chi connectivity index (χ2n) is 6.04. The molecule has 2 fully saturated rings. The second-order valence-corrected chi connectivity index (χ2v) is 6.04. The molecule has 1 aromatic rings. The van der Waals surface area contributed by atoms with E-state index in [2.05, 4.69) is 9.97 Å². The SMILES string of the molecule is C[C@H](C(=O)N1CCC(Oc2ncccn2)CC1)N1CCCC1=O. The first-order valence-corrected chi connectivity index (χ1v) is 8.17. The van der Waals surface area contributed by atoms with E-state index in [9.17, 15) is 9.59 Å². The van der Waals surface area contributed by atoms with Crippen molar-refractivity contribution in [3.05, 3.63) is 18.5 Å². The molecule has 2 saturated heterocycles. The maximum absolute atomic E-state index is 12.6. The van der Waals surface area contributed by atoms with Gasteiger partial charge < -0.3 is 14.5 Å². The number of amides is 2. The Hall–Kier alpha value is -2.18. The molecule has 0 saturated carbocycles. The highest BCUT2D eigenvalue weighted by molar-refractivity contribution is 5.88. The molecule has 0 unspecified atom stereocenters. The van der Waals surface area contributed by atoms with Gasteiger partial charge in [-0.2, -0.15) is 0 Å². The van der Waals surface area contributed by atoms with Gasteiger partial charge in [-0.25, -0.2) is 9.97 Å². The standard InChI is InChI=1S/C16H22N4O3/c1-12(20-9-2-4-14(20)21)15(22)19-10-5-13(6-11-19)23-16-17-7-3-8-18-16/h3,7-8,12-13H,2,4-6,9-11H2,1H3/t12-/m1/s1. The van der Waals surface area contributed by atoms with Crippen molar-refractivity contribution in [2.24, 2.45) is 0 Å². The third kappa shape index (κ3) is 3.60. The number of carbonyl (C=O) groups excluding carboxylic acids is 2. The van der Waals surface area contributed by atoms with E-state index in [1.165, 1.54) is 0 Å². The van der Waals surface area contributed by atoms with Crippen LogP contribution < -0.4 is 4.74 Å². The Kier molecular flexibility index (Phi) is 4.73. The number of rotatable bonds is 4. The Balaban J connectivity index is 1.50. The molecular formula is C16H22N4O3. The number of hydrogen-bond donors (Lipinski definition) is 0. The molecule has 2 amide bonds. The van der Waals surface area contributed by atoms with Crippen molar-refractivity contribution in [2.75, 3.05) is 19.6 Å². The molecule has 0 spiro atoms. The largest absolute Gasteiger partial charge is 0.460 e. The van der Waals surface area contributed by atoms with Crippen LogP contribution in [0.2, 0.25) is 0 Å². The molecule has 124 valence electrons. The molecule has 1 atom stereocenters. The lowest BCUT2D eigenvalue weighted by molar-refractivity contribution is -0.144. The van der Waals surface area contributed by atoms with Gasteiger partial charge in [-0.05, 0) is 19.4 Å². The van der Waals surface area contributed by atoms with Crippen LogP contribution in [0.25, 0.3) is 0 Å². The van der Waals surface area contributed by atoms with Gasteiger partial charge in [0.2, 0.25) is 11.8 Å². The molecular weight excluding hydrogens is 296 g/mol. The summed E-state index contributed by atoms with van der Waals surface area (Å²) in [4.78, 5) is 36.0. The van der Waals surface area contributed by atoms with Crippen LogP contribution in [0.3, 0.4) is 0 Å². The third-order valence-corrected chi connectivity index (χ3v) is 4.50. The van der Waals surface area contributed by atoms with Gasteiger partial charge in [0.1, 0.15) is 12.1 Å². The average molecular weight is 318 g/mol. The number of piperidine rings is 1. The highest BCUT2D eigenvalue weighted by Crippen LogP contribution is 2.19. The lowest BCUT2D eigenvalue weighted by Crippen LogP contribution is -2.51. The van der Waals surface area contributed by atoms with E-state index < -0.39 is 0 Å². The monoisotopic (exact) mass is 318 g/mol. The average Bonchev–Trinajstić information content (AvgIpc) is 3.01. The van der Waals surface area contributed by atoms with E-state index >= 15 is 0 Å². The predicted molar refractivity (Wildman–Crippen MR) is 82.7 cm³/mol. The first-order chi connectivity index (χ1) is 11.1. The van der Waals surface area contributed by atoms with Crippen LogP contribution in [-0.2, 0) is 9.59 Å². The molecule has 0 N–H and O–H groups in total. The number of hydrogen-bond acceptors (Lipinski definition) is 5. The Labute approximate surface area is 135 Å². The maximum Gasteiger partial charge on any atom is 0.316 e. The molecule has 0 aliphatic carbocycles. The van der Waals surface area contributed by atoms with Crippen LogP contribution >= 0.6 is 0 Å². The number of nitrogens with zero attached hydrogens (tertiary/aromatic N) is 4. The van der Waals surface area contributed by atoms with E-state index in [4.69, 9.17) is 4.74 Å². The van der Waals surface area contributed by atoms with Gasteiger partial charge in [-0.3, -0.25) is 9.59 Å². The Morgan fingerprint density at radius 3 is 2.57 bits per heavy atom. The van der Waals surface area contributed by atoms with E-state index in [-0.39, 0.29) is 24.0 Å². The fourth-order valence-electron chi connectivity index (χ4n) is 3.17. The number of aromatic nitrogens is 2. The van der Waals surface area contributed by atoms with Crippen molar-refractivity contribution in [3.63, 3.8) is 0 Å². The van der Waals surface area contributed by atoms with Crippen LogP contribution in [0.15, 0.2) is 18.5 Å². The summed E-state index contributed by atoms with van der Waals surface area (Å²) in [5.74, 6) is 0.125. The summed E-state index contributed by atoms with van der Waals surface area (Å²) in [6, 6.07) is 1.77. The molecule has 7 heteroatoms. The van der Waals surface area contributed by atoms with Crippen molar-refractivity contribution in [1.29, 1.82) is 0 Å². The smallest absolute Gasteiger partial charge is 0.316 e. The van der Waals surface area contributed by atoms with E-state index in [1.54, 1.807) is 23.4 Å². The minimum Gasteiger partial charge on any atom is -0.460 e. The molecule has 2 aliphatic heterocycles. The minimum atomic E-state index is -0.361. The Bertz CT molecular complexity index is 558. The van der Waals surface area contributed by atoms with Crippen LogP contribution in [0.1, 0.15) is 32.6 Å². The van der Waals surface area contributed by atoms with Crippen molar-refractivity contribution in [2.45, 2.75) is 44.8 Å². The zero-order valence-electron chi connectivity index (χ0n) is 13.4. The van der Waals surface area contributed by atoms with Gasteiger partial charge >= 0.3 is 6.01 Å². The normalized spacial score (nSPS) is 20.7. The van der Waals surface area contributed by atoms with E-state index in [0.29, 0.717) is 32.1 Å². The summed E-state index contributed by atoms with van der Waals surface area (Å²) in [5, 5.41) is 0. The van der Waals surface area contributed by atoms with E-state index in [1.807, 2.05) is 11.8 Å². The van der Waals surface area contributed by atoms with Crippen molar-refractivity contribution in [1.82, 2.24) is 19.8 Å². The zero-order chi connectivity index (χ0) is 16.2. The minimum absolute atomic E-state index is 0.0326. The zero-order valence-corrected chi connectivity index (χ0v) is 13.4. The van der Waals surface area contributed by atoms with E-state index in [0.717, 1.165) is 19.3 Å². The molecule has 2 aliphatic rings. The lowest BCUT2D eigenvalue weighted by atomic mass is 10.1. The predicted octanol–water partition coefficient (Wildman–Crippen LogP) is 0.857. The van der Waals surface area contributed by atoms with Crippen molar-refractivity contribution in [3.8, 4) is 6.01 Å². The van der Waals surface area contributed by atoms with Crippen LogP contribution in [0, 0.1) is 0 Å². The summed E-state index contributed by atoms with van der Waals surface area (Å²) in [6.07, 6.45) is 6.25. The van der Waals surface area contributed by atoms with Crippen LogP contribution in [0.4, 0.5) is 0 Å². The quantitative estimate of drug-likeness (QED) is 0.823. The van der Waals surface area contributed by atoms with Gasteiger partial charge in [0.25, 0.3) is 0 Å². The summed E-state index contributed by atoms with van der Waals surface area (Å²) < 4.78 is 5.74. The van der Waals surface area contributed by atoms with Gasteiger partial charge in [0, 0.05) is 51.3 Å². The van der Waals surface area contributed by atoms with Gasteiger partial charge in [-0.15, -0.1) is 0 Å². The molecule has 0 aromatic carbocycles. The fourth-order valence-corrected chi connectivity index (χ4v) is 3.17. The first-order valence-electron chi connectivity index (χ1n) is 8.17. The number of carbonyl (C=O) groups is 2. The lowest BCUT2D eigenvalue weighted by Gasteiger charge is -2.35. The molecule has 7 nitrogen and oxygen atoms in total. The molecule has 23 heavy (non-hydrogen) atoms. The number of likely N-dealkylation sites (tertiary alicyclic amines) is 2. The topological polar surface area (TPSA) is 75.6 Å². The molecule has 3 heterocycles. The summed E-state index contributed by atoms with van der Waals surface area (Å²) in [7, 11) is 0. The number of ether oxygens (including phenoxy) is 1. The highest BCUT2D eigenvalue weighted by Gasteiger charge is 2.33. The summed E-state index contributed by atoms with van der Waals surface area (Å²) in [6.45, 7) is 3.80. The van der Waals surface area contributed by atoms with Crippen molar-refractivity contribution < 1.29 is 14.3 Å². The Morgan fingerprint density at radius 1 is 1.26 bits per heavy atom. The van der Waals surface area contributed by atoms with Crippen molar-refractivity contribution >= 4 is 11.8 Å². The summed E-state index contributed by atoms with van der Waals surface area (Å²) in [5.41, 5.74) is 0. The highest BCUT2D eigenvalue weighted by atomic mass is 16.5. The molecule has 0 bridgehead atoms. The maximum atomic E-state index is 12.6. The van der Waals surface area contributed by atoms with Crippen LogP contribution in [-0.4, -0.2) is 63.4 Å². The van der Waals surface area contributed by atoms with Gasteiger partial charge in [-0.1, -0.05) is 0 Å². The van der Waals surface area contributed by atoms with Gasteiger partial charge in [0.15, 0.2) is 0 Å². The second kappa shape index (κ2) is 6.93. The van der Waals surface area contributed by atoms with Gasteiger partial charge in [0.05, 0.1) is 0 Å². The summed E-state index contributed by atoms with van der Waals surface area (Å²) >= 11 is 0.